The number of aliphatic hydroxyl groups excluding tert-OH is 2. The molecular formula is C44H52Cl4N6O10S2. The molecule has 0 aromatic heterocycles. The van der Waals surface area contributed by atoms with Gasteiger partial charge in [0.2, 0.25) is 20.0 Å². The summed E-state index contributed by atoms with van der Waals surface area (Å²) in [5.74, 6) is -2.36. The molecular weight excluding hydrogens is 978 g/mol. The largest absolute Gasteiger partial charge is 0.380 e. The molecule has 4 aromatic carbocycles. The van der Waals surface area contributed by atoms with Crippen LogP contribution in [0.15, 0.2) is 82.6 Å². The van der Waals surface area contributed by atoms with Crippen LogP contribution in [0.1, 0.15) is 45.2 Å². The lowest BCUT2D eigenvalue weighted by Crippen LogP contribution is -2.50. The third-order valence-corrected chi connectivity index (χ3v) is 15.2. The van der Waals surface area contributed by atoms with Gasteiger partial charge in [0.15, 0.2) is 12.2 Å². The average molecular weight is 1030 g/mol. The van der Waals surface area contributed by atoms with E-state index < -0.39 is 44.1 Å². The average Bonchev–Trinajstić information content (AvgIpc) is 3.27. The first-order valence-electron chi connectivity index (χ1n) is 20.9. The number of rotatable bonds is 21. The highest BCUT2D eigenvalue weighted by molar-refractivity contribution is 7.89. The van der Waals surface area contributed by atoms with Crippen molar-refractivity contribution in [3.63, 3.8) is 0 Å². The number of hydrogen-bond acceptors (Lipinski definition) is 12. The number of halogens is 4. The van der Waals surface area contributed by atoms with Gasteiger partial charge in [0, 0.05) is 84.3 Å². The maximum atomic E-state index is 13.2. The zero-order valence-corrected chi connectivity index (χ0v) is 40.8. The van der Waals surface area contributed by atoms with E-state index in [1.165, 1.54) is 12.1 Å². The second-order valence-electron chi connectivity index (χ2n) is 16.0. The number of fused-ring (bicyclic) bond motifs is 2. The number of aliphatic hydroxyl groups is 2. The fourth-order valence-corrected chi connectivity index (χ4v) is 11.2. The van der Waals surface area contributed by atoms with Crippen molar-refractivity contribution in [2.75, 3.05) is 79.8 Å². The molecule has 2 aliphatic heterocycles. The smallest absolute Gasteiger partial charge is 0.252 e. The van der Waals surface area contributed by atoms with Crippen LogP contribution in [0.2, 0.25) is 20.1 Å². The van der Waals surface area contributed by atoms with Crippen LogP contribution in [0, 0.1) is 0 Å². The molecule has 4 atom stereocenters. The first kappa shape index (κ1) is 51.9. The van der Waals surface area contributed by atoms with E-state index in [0.717, 1.165) is 33.4 Å². The Kier molecular flexibility index (Phi) is 18.3. The molecule has 0 bridgehead atoms. The molecule has 0 radical (unpaired) electrons. The Labute approximate surface area is 404 Å². The fraction of sp³-hybridized carbons (Fsp3) is 0.409. The third kappa shape index (κ3) is 13.4. The SMILES string of the molecule is CN1Cc2c(Cl)cc(Cl)cc2C(c2cccc(S(=O)(=O)NCCOCCNC(=O)C(O)C(O)C(=O)NCCOCCNS(=O)(=O)c3cccc(C4CN(C)Cc5c(Cl)cc(Cl)cc54)c3)c2)C1. The highest BCUT2D eigenvalue weighted by atomic mass is 35.5. The molecule has 2 aliphatic rings. The number of sulfonamides is 2. The number of nitrogens with zero attached hydrogens (tertiary/aromatic N) is 2. The van der Waals surface area contributed by atoms with E-state index in [1.807, 2.05) is 38.4 Å². The van der Waals surface area contributed by atoms with E-state index in [9.17, 15) is 36.6 Å². The van der Waals surface area contributed by atoms with Gasteiger partial charge in [-0.2, -0.15) is 0 Å². The van der Waals surface area contributed by atoms with Crippen LogP contribution >= 0.6 is 46.4 Å². The molecule has 66 heavy (non-hydrogen) atoms. The molecule has 0 saturated carbocycles. The minimum absolute atomic E-state index is 0.0386. The lowest BCUT2D eigenvalue weighted by atomic mass is 9.85. The molecule has 0 saturated heterocycles. The molecule has 2 amide bonds. The summed E-state index contributed by atoms with van der Waals surface area (Å²) >= 11 is 25.6. The van der Waals surface area contributed by atoms with Crippen LogP contribution < -0.4 is 20.1 Å². The topological polar surface area (TPSA) is 216 Å². The monoisotopic (exact) mass is 1030 g/mol. The van der Waals surface area contributed by atoms with E-state index in [4.69, 9.17) is 55.9 Å². The zero-order valence-electron chi connectivity index (χ0n) is 36.1. The summed E-state index contributed by atoms with van der Waals surface area (Å²) < 4.78 is 68.5. The van der Waals surface area contributed by atoms with Crippen molar-refractivity contribution in [3.05, 3.63) is 126 Å². The van der Waals surface area contributed by atoms with Crippen molar-refractivity contribution < 1.29 is 46.1 Å². The van der Waals surface area contributed by atoms with Gasteiger partial charge in [-0.3, -0.25) is 9.59 Å². The van der Waals surface area contributed by atoms with Crippen molar-refractivity contribution in [2.24, 2.45) is 0 Å². The van der Waals surface area contributed by atoms with E-state index in [2.05, 4.69) is 29.9 Å². The van der Waals surface area contributed by atoms with E-state index in [1.54, 1.807) is 36.4 Å². The minimum atomic E-state index is -3.91. The Morgan fingerprint density at radius 1 is 0.621 bits per heavy atom. The Balaban J connectivity index is 0.846. The summed E-state index contributed by atoms with van der Waals surface area (Å²) in [6.45, 7) is 2.02. The zero-order chi connectivity index (χ0) is 47.8. The number of carbonyl (C=O) groups is 2. The highest BCUT2D eigenvalue weighted by Crippen LogP contribution is 2.40. The number of carbonyl (C=O) groups excluding carboxylic acids is 2. The minimum Gasteiger partial charge on any atom is -0.380 e. The van der Waals surface area contributed by atoms with Gasteiger partial charge in [-0.05, 0) is 96.0 Å². The molecule has 4 aromatic rings. The number of likely N-dealkylation sites (N-methyl/N-ethyl adjacent to an activating group) is 2. The summed E-state index contributed by atoms with van der Waals surface area (Å²) in [4.78, 5) is 29.1. The maximum Gasteiger partial charge on any atom is 0.252 e. The third-order valence-electron chi connectivity index (χ3n) is 11.1. The molecule has 6 rings (SSSR count). The summed E-state index contributed by atoms with van der Waals surface area (Å²) in [5, 5.41) is 27.3. The Bertz CT molecular complexity index is 2440. The standard InChI is InChI=1S/C44H52Cl4N6O10S2/c1-53-23-35(33-19-29(45)21-39(47)37(33)25-53)27-5-3-7-31(17-27)65(59,60)51-11-15-63-13-9-49-43(57)41(55)42(56)44(58)50-10-14-64-16-12-52-66(61,62)32-8-4-6-28(18-32)36-24-54(2)26-38-34(36)20-30(46)22-40(38)48/h3-8,17-22,35-36,41-42,51-52,55-56H,9-16,23-26H2,1-2H3,(H,49,57)(H,50,58). The number of ether oxygens (including phenoxy) is 2. The summed E-state index contributed by atoms with van der Waals surface area (Å²) in [6.07, 6.45) is -4.19. The van der Waals surface area contributed by atoms with Gasteiger partial charge in [0.1, 0.15) is 0 Å². The molecule has 0 fully saturated rings. The van der Waals surface area contributed by atoms with Gasteiger partial charge in [-0.25, -0.2) is 26.3 Å². The molecule has 16 nitrogen and oxygen atoms in total. The van der Waals surface area contributed by atoms with Crippen molar-refractivity contribution in [2.45, 2.75) is 46.9 Å². The number of amides is 2. The lowest BCUT2D eigenvalue weighted by molar-refractivity contribution is -0.146. The molecule has 2 heterocycles. The van der Waals surface area contributed by atoms with Crippen molar-refractivity contribution >= 4 is 78.3 Å². The summed E-state index contributed by atoms with van der Waals surface area (Å²) in [7, 11) is -3.89. The van der Waals surface area contributed by atoms with E-state index in [0.29, 0.717) is 46.3 Å². The maximum absolute atomic E-state index is 13.2. The van der Waals surface area contributed by atoms with Crippen molar-refractivity contribution in [1.82, 2.24) is 29.9 Å². The first-order chi connectivity index (χ1) is 31.3. The van der Waals surface area contributed by atoms with Crippen LogP contribution in [0.5, 0.6) is 0 Å². The number of benzene rings is 4. The van der Waals surface area contributed by atoms with Crippen molar-refractivity contribution in [3.8, 4) is 0 Å². The molecule has 0 aliphatic carbocycles. The van der Waals surface area contributed by atoms with Gasteiger partial charge in [0.05, 0.1) is 36.2 Å². The molecule has 4 unspecified atom stereocenters. The lowest BCUT2D eigenvalue weighted by Gasteiger charge is -2.33. The molecule has 22 heteroatoms. The second-order valence-corrected chi connectivity index (χ2v) is 21.3. The van der Waals surface area contributed by atoms with Gasteiger partial charge in [-0.15, -0.1) is 0 Å². The van der Waals surface area contributed by atoms with Crippen molar-refractivity contribution in [1.29, 1.82) is 0 Å². The van der Waals surface area contributed by atoms with Gasteiger partial charge in [0.25, 0.3) is 11.8 Å². The highest BCUT2D eigenvalue weighted by Gasteiger charge is 2.31. The molecule has 358 valence electrons. The molecule has 6 N–H and O–H groups in total. The van der Waals surface area contributed by atoms with Gasteiger partial charge < -0.3 is 40.1 Å². The van der Waals surface area contributed by atoms with Crippen LogP contribution in [0.25, 0.3) is 0 Å². The molecule has 0 spiro atoms. The van der Waals surface area contributed by atoms with E-state index in [-0.39, 0.29) is 74.2 Å². The van der Waals surface area contributed by atoms with E-state index >= 15 is 0 Å². The second kappa shape index (κ2) is 23.2. The van der Waals surface area contributed by atoms with Crippen LogP contribution in [-0.2, 0) is 52.2 Å². The Morgan fingerprint density at radius 3 is 1.39 bits per heavy atom. The summed E-state index contributed by atoms with van der Waals surface area (Å²) in [6, 6.07) is 20.5. The number of nitrogens with one attached hydrogen (secondary N) is 4. The Morgan fingerprint density at radius 2 is 1.00 bits per heavy atom. The normalized spacial score (nSPS) is 17.7. The van der Waals surface area contributed by atoms with Crippen LogP contribution in [0.4, 0.5) is 0 Å². The Hall–Kier alpha value is -3.44. The first-order valence-corrected chi connectivity index (χ1v) is 25.4. The van der Waals surface area contributed by atoms with Crippen LogP contribution in [-0.4, -0.2) is 141 Å². The van der Waals surface area contributed by atoms with Gasteiger partial charge >= 0.3 is 0 Å². The van der Waals surface area contributed by atoms with Crippen LogP contribution in [0.3, 0.4) is 0 Å². The van der Waals surface area contributed by atoms with Gasteiger partial charge in [-0.1, -0.05) is 70.7 Å². The predicted molar refractivity (Wildman–Crippen MR) is 252 cm³/mol. The quantitative estimate of drug-likeness (QED) is 0.0660. The number of hydrogen-bond donors (Lipinski definition) is 6. The predicted octanol–water partition coefficient (Wildman–Crippen LogP) is 3.70. The summed E-state index contributed by atoms with van der Waals surface area (Å²) in [5.41, 5.74) is 5.38. The fourth-order valence-electron chi connectivity index (χ4n) is 7.91.